The SMILES string of the molecule is C=CCNCC(=O)Cc1ccc(C)cc1. The second-order valence-corrected chi connectivity index (χ2v) is 3.62. The molecule has 15 heavy (non-hydrogen) atoms. The van der Waals surface area contributed by atoms with Gasteiger partial charge >= 0.3 is 0 Å². The molecule has 0 aliphatic rings. The lowest BCUT2D eigenvalue weighted by Gasteiger charge is -2.02. The van der Waals surface area contributed by atoms with Gasteiger partial charge < -0.3 is 5.32 Å². The van der Waals surface area contributed by atoms with E-state index in [-0.39, 0.29) is 5.78 Å². The van der Waals surface area contributed by atoms with E-state index in [0.717, 1.165) is 5.56 Å². The predicted molar refractivity (Wildman–Crippen MR) is 63.0 cm³/mol. The third-order valence-corrected chi connectivity index (χ3v) is 2.13. The van der Waals surface area contributed by atoms with E-state index in [1.807, 2.05) is 31.2 Å². The zero-order valence-corrected chi connectivity index (χ0v) is 9.12. The third-order valence-electron chi connectivity index (χ3n) is 2.13. The molecule has 0 radical (unpaired) electrons. The molecule has 0 saturated carbocycles. The van der Waals surface area contributed by atoms with Crippen molar-refractivity contribution in [3.05, 3.63) is 48.0 Å². The molecule has 1 aromatic carbocycles. The van der Waals surface area contributed by atoms with E-state index in [2.05, 4.69) is 11.9 Å². The van der Waals surface area contributed by atoms with Crippen LogP contribution in [-0.2, 0) is 11.2 Å². The maximum Gasteiger partial charge on any atom is 0.150 e. The standard InChI is InChI=1S/C13H17NO/c1-3-8-14-10-13(15)9-12-6-4-11(2)5-7-12/h3-7,14H,1,8-10H2,2H3. The minimum absolute atomic E-state index is 0.209. The van der Waals surface area contributed by atoms with Crippen molar-refractivity contribution >= 4 is 5.78 Å². The molecule has 0 unspecified atom stereocenters. The lowest BCUT2D eigenvalue weighted by atomic mass is 10.1. The van der Waals surface area contributed by atoms with Crippen LogP contribution in [0.3, 0.4) is 0 Å². The van der Waals surface area contributed by atoms with Crippen molar-refractivity contribution in [2.75, 3.05) is 13.1 Å². The Hall–Kier alpha value is -1.41. The summed E-state index contributed by atoms with van der Waals surface area (Å²) < 4.78 is 0. The van der Waals surface area contributed by atoms with Crippen molar-refractivity contribution in [2.45, 2.75) is 13.3 Å². The Bertz CT molecular complexity index is 327. The molecule has 0 aromatic heterocycles. The number of benzene rings is 1. The molecule has 0 atom stereocenters. The van der Waals surface area contributed by atoms with Crippen molar-refractivity contribution in [3.8, 4) is 0 Å². The van der Waals surface area contributed by atoms with Crippen molar-refractivity contribution in [2.24, 2.45) is 0 Å². The first-order valence-corrected chi connectivity index (χ1v) is 5.11. The Morgan fingerprint density at radius 1 is 1.40 bits per heavy atom. The smallest absolute Gasteiger partial charge is 0.150 e. The number of hydrogen-bond acceptors (Lipinski definition) is 2. The Labute approximate surface area is 91.0 Å². The van der Waals surface area contributed by atoms with E-state index in [0.29, 0.717) is 19.5 Å². The van der Waals surface area contributed by atoms with Crippen LogP contribution in [0.15, 0.2) is 36.9 Å². The van der Waals surface area contributed by atoms with E-state index < -0.39 is 0 Å². The Kier molecular flexibility index (Phi) is 4.78. The molecule has 0 spiro atoms. The first-order chi connectivity index (χ1) is 7.22. The van der Waals surface area contributed by atoms with Gasteiger partial charge in [-0.2, -0.15) is 0 Å². The molecular weight excluding hydrogens is 186 g/mol. The molecule has 2 nitrogen and oxygen atoms in total. The molecule has 2 heteroatoms. The first kappa shape index (κ1) is 11.7. The Morgan fingerprint density at radius 2 is 2.07 bits per heavy atom. The summed E-state index contributed by atoms with van der Waals surface area (Å²) in [5.74, 6) is 0.209. The Morgan fingerprint density at radius 3 is 2.67 bits per heavy atom. The van der Waals surface area contributed by atoms with Crippen LogP contribution >= 0.6 is 0 Å². The van der Waals surface area contributed by atoms with Crippen molar-refractivity contribution < 1.29 is 4.79 Å². The highest BCUT2D eigenvalue weighted by Crippen LogP contribution is 2.03. The van der Waals surface area contributed by atoms with E-state index in [9.17, 15) is 4.79 Å². The molecule has 1 aromatic rings. The molecule has 0 aliphatic heterocycles. The van der Waals surface area contributed by atoms with E-state index in [1.165, 1.54) is 5.56 Å². The van der Waals surface area contributed by atoms with Gasteiger partial charge in [0.05, 0.1) is 6.54 Å². The summed E-state index contributed by atoms with van der Waals surface area (Å²) in [6, 6.07) is 8.06. The number of rotatable bonds is 6. The van der Waals surface area contributed by atoms with Gasteiger partial charge in [-0.15, -0.1) is 6.58 Å². The number of nitrogens with one attached hydrogen (secondary N) is 1. The fourth-order valence-corrected chi connectivity index (χ4v) is 1.31. The number of ketones is 1. The van der Waals surface area contributed by atoms with E-state index in [1.54, 1.807) is 6.08 Å². The van der Waals surface area contributed by atoms with Crippen LogP contribution in [0.4, 0.5) is 0 Å². The number of carbonyl (C=O) groups is 1. The van der Waals surface area contributed by atoms with Crippen LogP contribution in [0.1, 0.15) is 11.1 Å². The molecule has 1 rings (SSSR count). The van der Waals surface area contributed by atoms with Crippen molar-refractivity contribution in [1.82, 2.24) is 5.32 Å². The van der Waals surface area contributed by atoms with E-state index >= 15 is 0 Å². The molecule has 80 valence electrons. The highest BCUT2D eigenvalue weighted by atomic mass is 16.1. The predicted octanol–water partition coefficient (Wildman–Crippen LogP) is 1.88. The van der Waals surface area contributed by atoms with Gasteiger partial charge in [0, 0.05) is 13.0 Å². The average Bonchev–Trinajstić information content (AvgIpc) is 2.22. The summed E-state index contributed by atoms with van der Waals surface area (Å²) in [6.07, 6.45) is 2.25. The lowest BCUT2D eigenvalue weighted by molar-refractivity contribution is -0.117. The number of Topliss-reactive ketones (excluding diaryl/α,β-unsaturated/α-hetero) is 1. The normalized spacial score (nSPS) is 9.93. The number of aryl methyl sites for hydroxylation is 1. The Balaban J connectivity index is 2.37. The minimum Gasteiger partial charge on any atom is -0.307 e. The largest absolute Gasteiger partial charge is 0.307 e. The molecular formula is C13H17NO. The van der Waals surface area contributed by atoms with Gasteiger partial charge in [0.1, 0.15) is 0 Å². The number of carbonyl (C=O) groups excluding carboxylic acids is 1. The highest BCUT2D eigenvalue weighted by molar-refractivity contribution is 5.82. The summed E-state index contributed by atoms with van der Waals surface area (Å²) in [7, 11) is 0. The molecule has 0 heterocycles. The zero-order valence-electron chi connectivity index (χ0n) is 9.12. The second kappa shape index (κ2) is 6.14. The van der Waals surface area contributed by atoms with Crippen LogP contribution in [-0.4, -0.2) is 18.9 Å². The monoisotopic (exact) mass is 203 g/mol. The maximum absolute atomic E-state index is 11.5. The lowest BCUT2D eigenvalue weighted by Crippen LogP contribution is -2.24. The van der Waals surface area contributed by atoms with Crippen LogP contribution in [0, 0.1) is 6.92 Å². The number of hydrogen-bond donors (Lipinski definition) is 1. The molecule has 0 bridgehead atoms. The fourth-order valence-electron chi connectivity index (χ4n) is 1.31. The second-order valence-electron chi connectivity index (χ2n) is 3.62. The molecule has 0 amide bonds. The van der Waals surface area contributed by atoms with Crippen LogP contribution in [0.5, 0.6) is 0 Å². The maximum atomic E-state index is 11.5. The van der Waals surface area contributed by atoms with Crippen LogP contribution in [0.25, 0.3) is 0 Å². The van der Waals surface area contributed by atoms with Gasteiger partial charge in [-0.1, -0.05) is 35.9 Å². The quantitative estimate of drug-likeness (QED) is 0.565. The van der Waals surface area contributed by atoms with Gasteiger partial charge in [-0.05, 0) is 12.5 Å². The molecule has 1 N–H and O–H groups in total. The highest BCUT2D eigenvalue weighted by Gasteiger charge is 2.02. The van der Waals surface area contributed by atoms with Gasteiger partial charge in [0.25, 0.3) is 0 Å². The minimum atomic E-state index is 0.209. The topological polar surface area (TPSA) is 29.1 Å². The van der Waals surface area contributed by atoms with Crippen LogP contribution < -0.4 is 5.32 Å². The average molecular weight is 203 g/mol. The van der Waals surface area contributed by atoms with Crippen molar-refractivity contribution in [3.63, 3.8) is 0 Å². The summed E-state index contributed by atoms with van der Waals surface area (Å²) in [6.45, 7) is 6.71. The molecule has 0 fully saturated rings. The van der Waals surface area contributed by atoms with Crippen LogP contribution in [0.2, 0.25) is 0 Å². The fraction of sp³-hybridized carbons (Fsp3) is 0.308. The third kappa shape index (κ3) is 4.56. The summed E-state index contributed by atoms with van der Waals surface area (Å²) in [4.78, 5) is 11.5. The molecule has 0 saturated heterocycles. The van der Waals surface area contributed by atoms with Gasteiger partial charge in [0.15, 0.2) is 5.78 Å². The van der Waals surface area contributed by atoms with Gasteiger partial charge in [-0.25, -0.2) is 0 Å². The van der Waals surface area contributed by atoms with E-state index in [4.69, 9.17) is 0 Å². The first-order valence-electron chi connectivity index (χ1n) is 5.11. The molecule has 0 aliphatic carbocycles. The van der Waals surface area contributed by atoms with Crippen molar-refractivity contribution in [1.29, 1.82) is 0 Å². The van der Waals surface area contributed by atoms with Gasteiger partial charge in [0.2, 0.25) is 0 Å². The summed E-state index contributed by atoms with van der Waals surface area (Å²) >= 11 is 0. The summed E-state index contributed by atoms with van der Waals surface area (Å²) in [5, 5.41) is 3.00. The summed E-state index contributed by atoms with van der Waals surface area (Å²) in [5.41, 5.74) is 2.29. The zero-order chi connectivity index (χ0) is 11.1. The van der Waals surface area contributed by atoms with Gasteiger partial charge in [-0.3, -0.25) is 4.79 Å².